The quantitative estimate of drug-likeness (QED) is 0.229. The van der Waals surface area contributed by atoms with Crippen LogP contribution in [-0.2, 0) is 21.1 Å². The molecule has 0 saturated heterocycles. The topological polar surface area (TPSA) is 110 Å². The lowest BCUT2D eigenvalue weighted by atomic mass is 9.99. The summed E-state index contributed by atoms with van der Waals surface area (Å²) in [4.78, 5) is 16.3. The summed E-state index contributed by atoms with van der Waals surface area (Å²) in [5.41, 5.74) is 3.97. The average Bonchev–Trinajstić information content (AvgIpc) is 3.43. The van der Waals surface area contributed by atoms with Gasteiger partial charge in [-0.3, -0.25) is 4.79 Å². The Morgan fingerprint density at radius 1 is 0.900 bits per heavy atom. The summed E-state index contributed by atoms with van der Waals surface area (Å²) in [6.07, 6.45) is -0.172. The number of rotatable bonds is 9. The number of carboxylic acids is 1. The molecule has 0 fully saturated rings. The van der Waals surface area contributed by atoms with E-state index in [1.807, 2.05) is 61.5 Å². The summed E-state index contributed by atoms with van der Waals surface area (Å²) < 4.78 is 46.5. The van der Waals surface area contributed by atoms with Gasteiger partial charge in [0.1, 0.15) is 5.82 Å². The van der Waals surface area contributed by atoms with Gasteiger partial charge in [-0.2, -0.15) is 4.98 Å². The van der Waals surface area contributed by atoms with Crippen molar-refractivity contribution >= 4 is 15.8 Å². The van der Waals surface area contributed by atoms with E-state index in [2.05, 4.69) is 10.1 Å². The van der Waals surface area contributed by atoms with Crippen LogP contribution in [0, 0.1) is 18.7 Å². The second-order valence-corrected chi connectivity index (χ2v) is 11.5. The number of carboxylic acid groups (broad SMARTS) is 1. The van der Waals surface area contributed by atoms with E-state index in [9.17, 15) is 18.3 Å². The number of benzene rings is 4. The van der Waals surface area contributed by atoms with Crippen molar-refractivity contribution in [3.05, 3.63) is 114 Å². The summed E-state index contributed by atoms with van der Waals surface area (Å²) in [5.74, 6) is -3.56. The Morgan fingerprint density at radius 2 is 1.55 bits per heavy atom. The Hall–Kier alpha value is -4.63. The second-order valence-electron chi connectivity index (χ2n) is 9.51. The highest BCUT2D eigenvalue weighted by atomic mass is 32.2. The molecule has 0 radical (unpaired) electrons. The molecule has 1 unspecified atom stereocenters. The van der Waals surface area contributed by atoms with Gasteiger partial charge in [0.05, 0.1) is 22.1 Å². The molecule has 5 rings (SSSR count). The highest BCUT2D eigenvalue weighted by Crippen LogP contribution is 2.27. The third kappa shape index (κ3) is 6.00. The van der Waals surface area contributed by atoms with Crippen molar-refractivity contribution in [2.24, 2.45) is 5.92 Å². The zero-order valence-electron chi connectivity index (χ0n) is 21.5. The number of carbonyl (C=O) groups is 1. The van der Waals surface area contributed by atoms with E-state index in [4.69, 9.17) is 4.52 Å². The molecule has 1 aromatic heterocycles. The summed E-state index contributed by atoms with van der Waals surface area (Å²) in [6.45, 7) is 1.95. The van der Waals surface area contributed by atoms with Gasteiger partial charge >= 0.3 is 5.97 Å². The zero-order chi connectivity index (χ0) is 28.3. The Morgan fingerprint density at radius 3 is 2.20 bits per heavy atom. The molecule has 1 N–H and O–H groups in total. The van der Waals surface area contributed by atoms with Crippen LogP contribution in [0.15, 0.2) is 106 Å². The number of halogens is 1. The normalized spacial score (nSPS) is 12.2. The minimum absolute atomic E-state index is 0.0291. The van der Waals surface area contributed by atoms with Gasteiger partial charge in [-0.1, -0.05) is 71.4 Å². The summed E-state index contributed by atoms with van der Waals surface area (Å²) in [6, 6.07) is 27.4. The van der Waals surface area contributed by atoms with E-state index < -0.39 is 33.3 Å². The molecule has 0 aliphatic rings. The lowest BCUT2D eigenvalue weighted by Gasteiger charge is -2.14. The molecule has 0 aliphatic carbocycles. The lowest BCUT2D eigenvalue weighted by molar-refractivity contribution is -0.140. The minimum Gasteiger partial charge on any atom is -0.481 e. The maximum atomic E-state index is 15.0. The molecule has 0 spiro atoms. The first kappa shape index (κ1) is 27.0. The molecule has 0 aliphatic heterocycles. The number of aryl methyl sites for hydroxylation is 1. The first-order valence-electron chi connectivity index (χ1n) is 12.5. The smallest absolute Gasteiger partial charge is 0.307 e. The highest BCUT2D eigenvalue weighted by molar-refractivity contribution is 7.91. The third-order valence-electron chi connectivity index (χ3n) is 6.57. The Bertz CT molecular complexity index is 1750. The molecule has 0 bridgehead atoms. The van der Waals surface area contributed by atoms with Gasteiger partial charge in [0.25, 0.3) is 5.89 Å². The van der Waals surface area contributed by atoms with Gasteiger partial charge in [0.2, 0.25) is 5.82 Å². The van der Waals surface area contributed by atoms with E-state index in [-0.39, 0.29) is 28.6 Å². The van der Waals surface area contributed by atoms with Crippen molar-refractivity contribution in [2.75, 3.05) is 5.75 Å². The van der Waals surface area contributed by atoms with Gasteiger partial charge in [0.15, 0.2) is 9.84 Å². The van der Waals surface area contributed by atoms with E-state index in [0.29, 0.717) is 11.1 Å². The second kappa shape index (κ2) is 11.2. The van der Waals surface area contributed by atoms with E-state index in [0.717, 1.165) is 16.7 Å². The fourth-order valence-corrected chi connectivity index (χ4v) is 5.89. The molecule has 40 heavy (non-hydrogen) atoms. The number of hydrogen-bond acceptors (Lipinski definition) is 6. The molecular formula is C31H25FN2O5S. The average molecular weight is 557 g/mol. The maximum Gasteiger partial charge on any atom is 0.307 e. The molecule has 7 nitrogen and oxygen atoms in total. The van der Waals surface area contributed by atoms with Crippen molar-refractivity contribution in [3.8, 4) is 34.0 Å². The molecule has 0 saturated carbocycles. The van der Waals surface area contributed by atoms with Crippen LogP contribution in [0.3, 0.4) is 0 Å². The number of nitrogens with zero attached hydrogens (tertiary/aromatic N) is 2. The van der Waals surface area contributed by atoms with Gasteiger partial charge in [0, 0.05) is 5.56 Å². The first-order chi connectivity index (χ1) is 19.2. The monoisotopic (exact) mass is 556 g/mol. The molecule has 202 valence electrons. The standard InChI is InChI=1S/C31H25FN2O5S/c1-20-7-10-24(11-8-20)30-33-29(34-39-30)27-16-9-21(18-28(27)32)17-25(31(35)36)19-40(37,38)26-14-12-23(13-15-26)22-5-3-2-4-6-22/h2-16,18,25H,17,19H2,1H3,(H,35,36). The predicted octanol–water partition coefficient (Wildman–Crippen LogP) is 6.24. The lowest BCUT2D eigenvalue weighted by Crippen LogP contribution is -2.26. The third-order valence-corrected chi connectivity index (χ3v) is 8.40. The Labute approximate surface area is 230 Å². The van der Waals surface area contributed by atoms with Crippen LogP contribution in [0.25, 0.3) is 34.0 Å². The number of aliphatic carboxylic acids is 1. The van der Waals surface area contributed by atoms with Gasteiger partial charge in [-0.25, -0.2) is 12.8 Å². The maximum absolute atomic E-state index is 15.0. The van der Waals surface area contributed by atoms with Crippen LogP contribution < -0.4 is 0 Å². The molecule has 9 heteroatoms. The number of aromatic nitrogens is 2. The first-order valence-corrected chi connectivity index (χ1v) is 14.2. The predicted molar refractivity (Wildman–Crippen MR) is 149 cm³/mol. The van der Waals surface area contributed by atoms with Crippen molar-refractivity contribution in [1.82, 2.24) is 10.1 Å². The van der Waals surface area contributed by atoms with Crippen LogP contribution >= 0.6 is 0 Å². The molecule has 0 amide bonds. The van der Waals surface area contributed by atoms with Crippen molar-refractivity contribution < 1.29 is 27.2 Å². The van der Waals surface area contributed by atoms with Gasteiger partial charge < -0.3 is 9.63 Å². The molecule has 1 heterocycles. The SMILES string of the molecule is Cc1ccc(-c2nc(-c3ccc(CC(CS(=O)(=O)c4ccc(-c5ccccc5)cc4)C(=O)O)cc3F)no2)cc1. The van der Waals surface area contributed by atoms with Gasteiger partial charge in [-0.05, 0) is 66.4 Å². The molecule has 5 aromatic rings. The van der Waals surface area contributed by atoms with Crippen LogP contribution in [0.5, 0.6) is 0 Å². The van der Waals surface area contributed by atoms with Gasteiger partial charge in [-0.15, -0.1) is 0 Å². The molecule has 4 aromatic carbocycles. The van der Waals surface area contributed by atoms with Crippen molar-refractivity contribution in [2.45, 2.75) is 18.2 Å². The summed E-state index contributed by atoms with van der Waals surface area (Å²) in [5, 5.41) is 13.6. The molecular weight excluding hydrogens is 531 g/mol. The number of sulfone groups is 1. The van der Waals surface area contributed by atoms with Crippen LogP contribution in [-0.4, -0.2) is 35.4 Å². The van der Waals surface area contributed by atoms with Crippen LogP contribution in [0.4, 0.5) is 4.39 Å². The fraction of sp³-hybridized carbons (Fsp3) is 0.129. The van der Waals surface area contributed by atoms with Crippen molar-refractivity contribution in [3.63, 3.8) is 0 Å². The summed E-state index contributed by atoms with van der Waals surface area (Å²) >= 11 is 0. The van der Waals surface area contributed by atoms with Crippen LogP contribution in [0.2, 0.25) is 0 Å². The fourth-order valence-electron chi connectivity index (χ4n) is 4.36. The zero-order valence-corrected chi connectivity index (χ0v) is 22.3. The largest absolute Gasteiger partial charge is 0.481 e. The Balaban J connectivity index is 1.31. The van der Waals surface area contributed by atoms with Crippen LogP contribution in [0.1, 0.15) is 11.1 Å². The van der Waals surface area contributed by atoms with E-state index in [1.54, 1.807) is 12.1 Å². The van der Waals surface area contributed by atoms with E-state index in [1.165, 1.54) is 30.3 Å². The minimum atomic E-state index is -3.92. The van der Waals surface area contributed by atoms with E-state index >= 15 is 4.39 Å². The van der Waals surface area contributed by atoms with Crippen molar-refractivity contribution in [1.29, 1.82) is 0 Å². The Kier molecular flexibility index (Phi) is 7.57. The summed E-state index contributed by atoms with van der Waals surface area (Å²) in [7, 11) is -3.92. The number of hydrogen-bond donors (Lipinski definition) is 1. The molecule has 1 atom stereocenters. The highest BCUT2D eigenvalue weighted by Gasteiger charge is 2.27.